The molecule has 1 N–H and O–H groups in total. The van der Waals surface area contributed by atoms with E-state index < -0.39 is 0 Å². The Morgan fingerprint density at radius 1 is 1.35 bits per heavy atom. The molecule has 1 heterocycles. The van der Waals surface area contributed by atoms with Gasteiger partial charge in [0.05, 0.1) is 6.54 Å². The molecule has 0 saturated carbocycles. The molecule has 2 aromatic rings. The summed E-state index contributed by atoms with van der Waals surface area (Å²) < 4.78 is 0. The first-order valence-corrected chi connectivity index (χ1v) is 6.38. The van der Waals surface area contributed by atoms with Crippen LogP contribution in [0.1, 0.15) is 27.2 Å². The van der Waals surface area contributed by atoms with E-state index in [9.17, 15) is 4.79 Å². The summed E-state index contributed by atoms with van der Waals surface area (Å²) in [6, 6.07) is 9.20. The van der Waals surface area contributed by atoms with Gasteiger partial charge in [0.15, 0.2) is 0 Å². The maximum absolute atomic E-state index is 11.8. The lowest BCUT2D eigenvalue weighted by Gasteiger charge is -2.02. The second kappa shape index (κ2) is 5.59. The van der Waals surface area contributed by atoms with Crippen LogP contribution in [0.25, 0.3) is 0 Å². The predicted octanol–water partition coefficient (Wildman–Crippen LogP) is 2.64. The number of aromatic nitrogens is 1. The van der Waals surface area contributed by atoms with Crippen LogP contribution in [-0.4, -0.2) is 10.9 Å². The Hall–Kier alpha value is -1.68. The zero-order valence-electron chi connectivity index (χ0n) is 9.64. The third-order valence-corrected chi connectivity index (χ3v) is 3.53. The summed E-state index contributed by atoms with van der Waals surface area (Å²) >= 11 is 1.64. The van der Waals surface area contributed by atoms with Gasteiger partial charge in [-0.1, -0.05) is 25.1 Å². The molecule has 0 aliphatic carbocycles. The summed E-state index contributed by atoms with van der Waals surface area (Å²) in [6.45, 7) is 2.60. The van der Waals surface area contributed by atoms with Crippen molar-refractivity contribution >= 4 is 17.2 Å². The van der Waals surface area contributed by atoms with Crippen LogP contribution in [-0.2, 0) is 13.0 Å². The van der Waals surface area contributed by atoms with Crippen molar-refractivity contribution in [2.24, 2.45) is 0 Å². The summed E-state index contributed by atoms with van der Waals surface area (Å²) in [5, 5.41) is 3.81. The molecule has 0 bridgehead atoms. The number of aryl methyl sites for hydroxylation is 1. The second-order valence-corrected chi connectivity index (χ2v) is 4.82. The van der Waals surface area contributed by atoms with Gasteiger partial charge >= 0.3 is 0 Å². The molecule has 1 aromatic carbocycles. The second-order valence-electron chi connectivity index (χ2n) is 3.62. The molecule has 0 aliphatic heterocycles. The van der Waals surface area contributed by atoms with Crippen LogP contribution in [0.3, 0.4) is 0 Å². The van der Waals surface area contributed by atoms with E-state index in [4.69, 9.17) is 0 Å². The molecule has 0 saturated heterocycles. The number of rotatable bonds is 4. The van der Waals surface area contributed by atoms with Crippen molar-refractivity contribution in [3.8, 4) is 0 Å². The number of carbonyl (C=O) groups excluding carboxylic acids is 1. The van der Waals surface area contributed by atoms with Gasteiger partial charge in [0, 0.05) is 16.6 Å². The predicted molar refractivity (Wildman–Crippen MR) is 69.1 cm³/mol. The van der Waals surface area contributed by atoms with Crippen molar-refractivity contribution in [1.82, 2.24) is 10.3 Å². The molecule has 0 atom stereocenters. The fourth-order valence-electron chi connectivity index (χ4n) is 1.44. The van der Waals surface area contributed by atoms with Crippen LogP contribution < -0.4 is 5.32 Å². The van der Waals surface area contributed by atoms with Gasteiger partial charge in [-0.05, 0) is 18.6 Å². The van der Waals surface area contributed by atoms with Crippen molar-refractivity contribution in [2.45, 2.75) is 19.9 Å². The van der Waals surface area contributed by atoms with E-state index in [1.165, 1.54) is 4.88 Å². The monoisotopic (exact) mass is 246 g/mol. The van der Waals surface area contributed by atoms with Crippen LogP contribution in [0, 0.1) is 0 Å². The molecule has 17 heavy (non-hydrogen) atoms. The van der Waals surface area contributed by atoms with E-state index in [0.29, 0.717) is 12.1 Å². The third kappa shape index (κ3) is 3.14. The van der Waals surface area contributed by atoms with E-state index in [0.717, 1.165) is 11.4 Å². The molecule has 0 aliphatic rings. The van der Waals surface area contributed by atoms with Gasteiger partial charge in [-0.3, -0.25) is 4.79 Å². The van der Waals surface area contributed by atoms with Gasteiger partial charge in [0.1, 0.15) is 5.01 Å². The van der Waals surface area contributed by atoms with Crippen LogP contribution >= 0.6 is 11.3 Å². The Morgan fingerprint density at radius 3 is 2.76 bits per heavy atom. The molecule has 0 fully saturated rings. The van der Waals surface area contributed by atoms with Gasteiger partial charge in [-0.25, -0.2) is 4.98 Å². The van der Waals surface area contributed by atoms with E-state index in [2.05, 4.69) is 17.2 Å². The van der Waals surface area contributed by atoms with Gasteiger partial charge in [0.25, 0.3) is 5.91 Å². The lowest BCUT2D eigenvalue weighted by molar-refractivity contribution is 0.0951. The summed E-state index contributed by atoms with van der Waals surface area (Å²) in [4.78, 5) is 17.3. The van der Waals surface area contributed by atoms with Crippen LogP contribution in [0.2, 0.25) is 0 Å². The summed E-state index contributed by atoms with van der Waals surface area (Å²) in [6.07, 6.45) is 2.86. The van der Waals surface area contributed by atoms with Crippen molar-refractivity contribution in [1.29, 1.82) is 0 Å². The average molecular weight is 246 g/mol. The summed E-state index contributed by atoms with van der Waals surface area (Å²) in [5.74, 6) is -0.0566. The van der Waals surface area contributed by atoms with Crippen molar-refractivity contribution < 1.29 is 4.79 Å². The Kier molecular flexibility index (Phi) is 3.88. The maximum Gasteiger partial charge on any atom is 0.251 e. The van der Waals surface area contributed by atoms with Crippen molar-refractivity contribution in [3.05, 3.63) is 52.0 Å². The van der Waals surface area contributed by atoms with Gasteiger partial charge < -0.3 is 5.32 Å². The summed E-state index contributed by atoms with van der Waals surface area (Å²) in [7, 11) is 0. The Morgan fingerprint density at radius 2 is 2.12 bits per heavy atom. The minimum atomic E-state index is -0.0566. The van der Waals surface area contributed by atoms with E-state index >= 15 is 0 Å². The molecule has 1 amide bonds. The maximum atomic E-state index is 11.8. The highest BCUT2D eigenvalue weighted by Crippen LogP contribution is 2.13. The normalized spacial score (nSPS) is 10.2. The van der Waals surface area contributed by atoms with Crippen LogP contribution in [0.5, 0.6) is 0 Å². The first-order valence-electron chi connectivity index (χ1n) is 5.56. The topological polar surface area (TPSA) is 42.0 Å². The Labute approximate surface area is 105 Å². The van der Waals surface area contributed by atoms with E-state index in [1.54, 1.807) is 23.5 Å². The first kappa shape index (κ1) is 11.8. The number of amides is 1. The van der Waals surface area contributed by atoms with Gasteiger partial charge in [-0.15, -0.1) is 11.3 Å². The highest BCUT2D eigenvalue weighted by molar-refractivity contribution is 7.11. The lowest BCUT2D eigenvalue weighted by atomic mass is 10.2. The molecule has 2 rings (SSSR count). The molecule has 4 heteroatoms. The van der Waals surface area contributed by atoms with Gasteiger partial charge in [-0.2, -0.15) is 0 Å². The average Bonchev–Trinajstić information content (AvgIpc) is 2.85. The molecular weight excluding hydrogens is 232 g/mol. The molecular formula is C13H14N2OS. The smallest absolute Gasteiger partial charge is 0.251 e. The SMILES string of the molecule is CCc1cnc(CNC(=O)c2ccccc2)s1. The number of carbonyl (C=O) groups is 1. The van der Waals surface area contributed by atoms with Crippen molar-refractivity contribution in [2.75, 3.05) is 0 Å². The molecule has 88 valence electrons. The minimum Gasteiger partial charge on any atom is -0.346 e. The highest BCUT2D eigenvalue weighted by Gasteiger charge is 2.05. The summed E-state index contributed by atoms with van der Waals surface area (Å²) in [5.41, 5.74) is 0.680. The minimum absolute atomic E-state index is 0.0566. The van der Waals surface area contributed by atoms with Crippen molar-refractivity contribution in [3.63, 3.8) is 0 Å². The van der Waals surface area contributed by atoms with Gasteiger partial charge in [0.2, 0.25) is 0 Å². The standard InChI is InChI=1S/C13H14N2OS/c1-2-11-8-14-12(17-11)9-15-13(16)10-6-4-3-5-7-10/h3-8H,2,9H2,1H3,(H,15,16). The fourth-order valence-corrected chi connectivity index (χ4v) is 2.24. The van der Waals surface area contributed by atoms with Crippen LogP contribution in [0.15, 0.2) is 36.5 Å². The third-order valence-electron chi connectivity index (χ3n) is 2.39. The van der Waals surface area contributed by atoms with Crippen LogP contribution in [0.4, 0.5) is 0 Å². The zero-order chi connectivity index (χ0) is 12.1. The highest BCUT2D eigenvalue weighted by atomic mass is 32.1. The van der Waals surface area contributed by atoms with E-state index in [1.807, 2.05) is 24.4 Å². The number of hydrogen-bond acceptors (Lipinski definition) is 3. The zero-order valence-corrected chi connectivity index (χ0v) is 10.5. The number of nitrogens with zero attached hydrogens (tertiary/aromatic N) is 1. The molecule has 3 nitrogen and oxygen atoms in total. The fraction of sp³-hybridized carbons (Fsp3) is 0.231. The number of hydrogen-bond donors (Lipinski definition) is 1. The quantitative estimate of drug-likeness (QED) is 0.901. The van der Waals surface area contributed by atoms with E-state index in [-0.39, 0.29) is 5.91 Å². The number of nitrogens with one attached hydrogen (secondary N) is 1. The number of thiazole rings is 1. The Balaban J connectivity index is 1.92. The molecule has 0 spiro atoms. The largest absolute Gasteiger partial charge is 0.346 e. The molecule has 1 aromatic heterocycles. The number of benzene rings is 1. The first-order chi connectivity index (χ1) is 8.29. The Bertz CT molecular complexity index is 493. The molecule has 0 unspecified atom stereocenters. The lowest BCUT2D eigenvalue weighted by Crippen LogP contribution is -2.22. The molecule has 0 radical (unpaired) electrons.